The fourth-order valence-electron chi connectivity index (χ4n) is 6.03. The minimum absolute atomic E-state index is 0.117. The van der Waals surface area contributed by atoms with E-state index in [0.717, 1.165) is 69.1 Å². The van der Waals surface area contributed by atoms with Crippen LogP contribution >= 0.6 is 0 Å². The zero-order chi connectivity index (χ0) is 24.8. The predicted octanol–water partition coefficient (Wildman–Crippen LogP) is 3.07. The highest BCUT2D eigenvalue weighted by atomic mass is 16.9. The molecule has 1 saturated carbocycles. The number of esters is 2. The van der Waals surface area contributed by atoms with Crippen LogP contribution in [0.4, 0.5) is 0 Å². The molecule has 0 radical (unpaired) electrons. The number of benzene rings is 1. The smallest absolute Gasteiger partial charge is 0.343 e. The Bertz CT molecular complexity index is 917. The summed E-state index contributed by atoms with van der Waals surface area (Å²) < 4.78 is 16.2. The van der Waals surface area contributed by atoms with Gasteiger partial charge in [0.05, 0.1) is 13.2 Å². The second-order valence-corrected chi connectivity index (χ2v) is 9.93. The molecule has 0 spiro atoms. The van der Waals surface area contributed by atoms with Gasteiger partial charge >= 0.3 is 11.9 Å². The molecule has 1 aliphatic heterocycles. The number of hydroxylamine groups is 2. The lowest BCUT2D eigenvalue weighted by atomic mass is 9.73. The second-order valence-electron chi connectivity index (χ2n) is 9.93. The van der Waals surface area contributed by atoms with Crippen LogP contribution < -0.4 is 9.96 Å². The first-order valence-corrected chi connectivity index (χ1v) is 12.9. The Balaban J connectivity index is 1.51. The zero-order valence-corrected chi connectivity index (χ0v) is 20.7. The van der Waals surface area contributed by atoms with Crippen LogP contribution in [0.1, 0.15) is 63.0 Å². The number of nitrogens with one attached hydrogen (secondary N) is 1. The van der Waals surface area contributed by atoms with Crippen LogP contribution in [0.2, 0.25) is 0 Å². The van der Waals surface area contributed by atoms with Gasteiger partial charge in [-0.2, -0.15) is 10.1 Å². The molecule has 2 unspecified atom stereocenters. The summed E-state index contributed by atoms with van der Waals surface area (Å²) in [5.74, 6) is 0.806. The maximum Gasteiger partial charge on any atom is 0.343 e. The quantitative estimate of drug-likeness (QED) is 0.359. The highest BCUT2D eigenvalue weighted by molar-refractivity contribution is 5.81. The fourth-order valence-corrected chi connectivity index (χ4v) is 6.03. The van der Waals surface area contributed by atoms with Crippen LogP contribution in [0.25, 0.3) is 0 Å². The molecule has 2 aliphatic carbocycles. The van der Waals surface area contributed by atoms with Gasteiger partial charge in [-0.15, -0.1) is 0 Å². The highest BCUT2D eigenvalue weighted by Gasteiger charge is 2.47. The SMILES string of the molecule is CCCCC[C@H]1CCC2[C@H]3Cc4cccc(OCC(=O)OC)c4C[C@H]3C[C@H]2O[NH+]([O-])C=CC(=O)O1. The van der Waals surface area contributed by atoms with Gasteiger partial charge in [-0.05, 0) is 79.9 Å². The zero-order valence-electron chi connectivity index (χ0n) is 20.7. The average Bonchev–Trinajstić information content (AvgIpc) is 3.17. The van der Waals surface area contributed by atoms with Crippen molar-refractivity contribution in [3.63, 3.8) is 0 Å². The molecule has 4 rings (SSSR count). The van der Waals surface area contributed by atoms with Crippen LogP contribution in [-0.2, 0) is 36.7 Å². The average molecular weight is 488 g/mol. The first-order chi connectivity index (χ1) is 17.0. The Kier molecular flexibility index (Phi) is 8.81. The molecule has 1 N–H and O–H groups in total. The molecule has 0 aromatic heterocycles. The van der Waals surface area contributed by atoms with Gasteiger partial charge in [0.25, 0.3) is 0 Å². The van der Waals surface area contributed by atoms with Crippen molar-refractivity contribution >= 4 is 11.9 Å². The van der Waals surface area contributed by atoms with Crippen LogP contribution in [0.5, 0.6) is 5.75 Å². The third kappa shape index (κ3) is 6.42. The molecule has 6 atom stereocenters. The molecule has 1 aromatic carbocycles. The fraction of sp³-hybridized carbons (Fsp3) is 0.630. The van der Waals surface area contributed by atoms with E-state index >= 15 is 0 Å². The number of quaternary nitrogens is 1. The van der Waals surface area contributed by atoms with Crippen LogP contribution in [0, 0.1) is 23.0 Å². The van der Waals surface area contributed by atoms with E-state index in [2.05, 4.69) is 13.0 Å². The number of methoxy groups -OCH3 is 1. The maximum atomic E-state index is 12.5. The lowest BCUT2D eigenvalue weighted by molar-refractivity contribution is -1.02. The molecule has 0 amide bonds. The standard InChI is InChI=1S/C27H37NO7/c1-3-4-5-8-20-10-11-21-22-14-18-7-6-9-24(33-17-27(30)32-2)23(18)15-19(22)16-25(21)35-28(31)13-12-26(29)34-20/h6-7,9,12-13,19-22,25,28H,3-5,8,10-11,14-17H2,1-2H3/t19-,20-,21?,22-,25+/m0/s1. The van der Waals surface area contributed by atoms with Crippen molar-refractivity contribution in [2.24, 2.45) is 17.8 Å². The number of carbonyl (C=O) groups is 2. The Morgan fingerprint density at radius 3 is 2.86 bits per heavy atom. The van der Waals surface area contributed by atoms with Gasteiger partial charge in [-0.3, -0.25) is 0 Å². The number of rotatable bonds is 7. The predicted molar refractivity (Wildman–Crippen MR) is 128 cm³/mol. The van der Waals surface area contributed by atoms with Crippen molar-refractivity contribution in [2.45, 2.75) is 76.9 Å². The molecular weight excluding hydrogens is 450 g/mol. The minimum atomic E-state index is -0.486. The molecular formula is C27H37NO7. The molecule has 0 bridgehead atoms. The number of ether oxygens (including phenoxy) is 3. The Hall–Kier alpha value is -2.42. The summed E-state index contributed by atoms with van der Waals surface area (Å²) >= 11 is 0. The van der Waals surface area contributed by atoms with Gasteiger partial charge in [0.1, 0.15) is 24.2 Å². The summed E-state index contributed by atoms with van der Waals surface area (Å²) in [5.41, 5.74) is 2.36. The van der Waals surface area contributed by atoms with E-state index in [1.54, 1.807) is 0 Å². The van der Waals surface area contributed by atoms with Crippen molar-refractivity contribution in [2.75, 3.05) is 13.7 Å². The van der Waals surface area contributed by atoms with E-state index in [9.17, 15) is 14.8 Å². The summed E-state index contributed by atoms with van der Waals surface area (Å²) in [6.07, 6.45) is 10.3. The lowest BCUT2D eigenvalue weighted by Gasteiger charge is -2.33. The summed E-state index contributed by atoms with van der Waals surface area (Å²) in [4.78, 5) is 29.7. The largest absolute Gasteiger partial charge is 0.595 e. The number of unbranched alkanes of at least 4 members (excludes halogenated alkanes) is 2. The lowest BCUT2D eigenvalue weighted by Crippen LogP contribution is -3.02. The Labute approximate surface area is 207 Å². The van der Waals surface area contributed by atoms with Crippen LogP contribution in [0.15, 0.2) is 30.5 Å². The first-order valence-electron chi connectivity index (χ1n) is 12.9. The van der Waals surface area contributed by atoms with Crippen LogP contribution in [-0.4, -0.2) is 37.9 Å². The Morgan fingerprint density at radius 2 is 2.06 bits per heavy atom. The van der Waals surface area contributed by atoms with Gasteiger partial charge in [0.15, 0.2) is 6.61 Å². The van der Waals surface area contributed by atoms with Gasteiger partial charge in [0.2, 0.25) is 0 Å². The molecule has 0 saturated heterocycles. The molecule has 1 heterocycles. The van der Waals surface area contributed by atoms with E-state index in [-0.39, 0.29) is 24.7 Å². The van der Waals surface area contributed by atoms with Crippen molar-refractivity contribution in [1.29, 1.82) is 0 Å². The number of fused-ring (bicyclic) bond motifs is 4. The summed E-state index contributed by atoms with van der Waals surface area (Å²) in [7, 11) is 1.35. The van der Waals surface area contributed by atoms with E-state index in [1.807, 2.05) is 12.1 Å². The molecule has 35 heavy (non-hydrogen) atoms. The Morgan fingerprint density at radius 1 is 1.20 bits per heavy atom. The number of hydrogen-bond acceptors (Lipinski definition) is 7. The van der Waals surface area contributed by atoms with Gasteiger partial charge < -0.3 is 19.4 Å². The molecule has 1 fully saturated rings. The van der Waals surface area contributed by atoms with E-state index in [1.165, 1.54) is 24.9 Å². The van der Waals surface area contributed by atoms with Gasteiger partial charge in [-0.1, -0.05) is 31.9 Å². The normalized spacial score (nSPS) is 30.3. The topological polar surface area (TPSA) is 98.6 Å². The molecule has 8 heteroatoms. The minimum Gasteiger partial charge on any atom is -0.595 e. The molecule has 192 valence electrons. The second kappa shape index (κ2) is 12.0. The summed E-state index contributed by atoms with van der Waals surface area (Å²) in [6, 6.07) is 5.99. The van der Waals surface area contributed by atoms with Crippen molar-refractivity contribution < 1.29 is 33.9 Å². The third-order valence-electron chi connectivity index (χ3n) is 7.75. The van der Waals surface area contributed by atoms with Crippen LogP contribution in [0.3, 0.4) is 0 Å². The maximum absolute atomic E-state index is 12.5. The van der Waals surface area contributed by atoms with E-state index in [0.29, 0.717) is 11.8 Å². The highest BCUT2D eigenvalue weighted by Crippen LogP contribution is 2.49. The molecule has 3 aliphatic rings. The third-order valence-corrected chi connectivity index (χ3v) is 7.75. The van der Waals surface area contributed by atoms with Crippen molar-refractivity contribution in [1.82, 2.24) is 0 Å². The van der Waals surface area contributed by atoms with E-state index < -0.39 is 17.2 Å². The van der Waals surface area contributed by atoms with Crippen molar-refractivity contribution in [3.8, 4) is 5.75 Å². The number of hydrogen-bond donors (Lipinski definition) is 1. The number of carbonyl (C=O) groups excluding carboxylic acids is 2. The molecule has 1 aromatic rings. The summed E-state index contributed by atoms with van der Waals surface area (Å²) in [5, 5.41) is 12.0. The first kappa shape index (κ1) is 25.7. The molecule has 8 nitrogen and oxygen atoms in total. The van der Waals surface area contributed by atoms with Crippen molar-refractivity contribution in [3.05, 3.63) is 46.8 Å². The number of cyclic esters (lactones) is 1. The van der Waals surface area contributed by atoms with Gasteiger partial charge in [-0.25, -0.2) is 9.59 Å². The van der Waals surface area contributed by atoms with Gasteiger partial charge in [0, 0.05) is 0 Å². The van der Waals surface area contributed by atoms with E-state index in [4.69, 9.17) is 19.0 Å². The summed E-state index contributed by atoms with van der Waals surface area (Å²) in [6.45, 7) is 2.04. The monoisotopic (exact) mass is 487 g/mol.